The molecular weight excluding hydrogens is 270 g/mol. The van der Waals surface area contributed by atoms with Gasteiger partial charge in [0.2, 0.25) is 0 Å². The molecule has 0 unspecified atom stereocenters. The lowest BCUT2D eigenvalue weighted by molar-refractivity contribution is 0.0951. The number of hydrogen-bond donors (Lipinski definition) is 2. The third-order valence-corrected chi connectivity index (χ3v) is 3.89. The Morgan fingerprint density at radius 1 is 1.40 bits per heavy atom. The zero-order valence-electron chi connectivity index (χ0n) is 11.8. The number of amides is 1. The summed E-state index contributed by atoms with van der Waals surface area (Å²) >= 11 is 1.69. The Kier molecular flexibility index (Phi) is 4.74. The van der Waals surface area contributed by atoms with E-state index in [0.29, 0.717) is 17.9 Å². The summed E-state index contributed by atoms with van der Waals surface area (Å²) in [4.78, 5) is 18.8. The molecule has 0 atom stereocenters. The number of aryl methyl sites for hydroxylation is 2. The van der Waals surface area contributed by atoms with Crippen molar-refractivity contribution in [1.82, 2.24) is 10.3 Å². The van der Waals surface area contributed by atoms with Crippen LogP contribution in [0.25, 0.3) is 0 Å². The summed E-state index contributed by atoms with van der Waals surface area (Å²) in [6, 6.07) is 7.52. The van der Waals surface area contributed by atoms with Gasteiger partial charge in [-0.3, -0.25) is 4.79 Å². The number of nitrogens with zero attached hydrogens (tertiary/aromatic N) is 1. The molecule has 3 N–H and O–H groups in total. The number of pyridine rings is 1. The molecule has 2 aromatic rings. The van der Waals surface area contributed by atoms with Crippen LogP contribution in [0.1, 0.15) is 39.2 Å². The number of aromatic nitrogens is 1. The molecule has 106 valence electrons. The van der Waals surface area contributed by atoms with Gasteiger partial charge >= 0.3 is 0 Å². The van der Waals surface area contributed by atoms with Crippen LogP contribution in [0.15, 0.2) is 24.3 Å². The molecule has 0 bridgehead atoms. The Bertz CT molecular complexity index is 607. The number of nitrogen functional groups attached to an aromatic ring is 1. The van der Waals surface area contributed by atoms with E-state index in [4.69, 9.17) is 5.73 Å². The molecule has 0 saturated heterocycles. The van der Waals surface area contributed by atoms with E-state index in [0.717, 1.165) is 23.4 Å². The van der Waals surface area contributed by atoms with Crippen LogP contribution in [0, 0.1) is 6.92 Å². The van der Waals surface area contributed by atoms with Crippen LogP contribution in [0.2, 0.25) is 0 Å². The van der Waals surface area contributed by atoms with Crippen molar-refractivity contribution in [2.24, 2.45) is 0 Å². The highest BCUT2D eigenvalue weighted by Crippen LogP contribution is 2.15. The van der Waals surface area contributed by atoms with Gasteiger partial charge in [0.15, 0.2) is 0 Å². The van der Waals surface area contributed by atoms with E-state index >= 15 is 0 Å². The van der Waals surface area contributed by atoms with E-state index in [9.17, 15) is 4.79 Å². The molecule has 0 spiro atoms. The zero-order chi connectivity index (χ0) is 14.5. The fourth-order valence-electron chi connectivity index (χ4n) is 1.98. The molecular formula is C15H19N3OS. The van der Waals surface area contributed by atoms with Gasteiger partial charge in [-0.1, -0.05) is 13.3 Å². The van der Waals surface area contributed by atoms with Crippen molar-refractivity contribution >= 4 is 23.1 Å². The van der Waals surface area contributed by atoms with Crippen molar-refractivity contribution < 1.29 is 4.79 Å². The van der Waals surface area contributed by atoms with Crippen LogP contribution in [-0.4, -0.2) is 10.9 Å². The molecule has 4 nitrogen and oxygen atoms in total. The number of carbonyl (C=O) groups excluding carboxylic acids is 1. The van der Waals surface area contributed by atoms with Crippen LogP contribution >= 0.6 is 11.3 Å². The quantitative estimate of drug-likeness (QED) is 0.889. The lowest BCUT2D eigenvalue weighted by atomic mass is 10.1. The second-order valence-corrected chi connectivity index (χ2v) is 6.09. The summed E-state index contributed by atoms with van der Waals surface area (Å²) in [7, 11) is 0. The maximum Gasteiger partial charge on any atom is 0.251 e. The van der Waals surface area contributed by atoms with E-state index in [1.54, 1.807) is 17.4 Å². The molecule has 0 fully saturated rings. The number of thiophene rings is 1. The molecule has 1 amide bonds. The van der Waals surface area contributed by atoms with E-state index < -0.39 is 0 Å². The lowest BCUT2D eigenvalue weighted by Crippen LogP contribution is -2.22. The Labute approximate surface area is 123 Å². The van der Waals surface area contributed by atoms with E-state index in [-0.39, 0.29) is 5.91 Å². The van der Waals surface area contributed by atoms with Crippen molar-refractivity contribution in [3.05, 3.63) is 45.3 Å². The Balaban J connectivity index is 2.04. The third-order valence-electron chi connectivity index (χ3n) is 2.89. The molecule has 5 heteroatoms. The molecule has 0 aliphatic heterocycles. The van der Waals surface area contributed by atoms with Gasteiger partial charge in [-0.05, 0) is 37.6 Å². The van der Waals surface area contributed by atoms with Gasteiger partial charge in [-0.15, -0.1) is 11.3 Å². The van der Waals surface area contributed by atoms with Crippen molar-refractivity contribution in [2.45, 2.75) is 33.2 Å². The van der Waals surface area contributed by atoms with Gasteiger partial charge < -0.3 is 11.1 Å². The summed E-state index contributed by atoms with van der Waals surface area (Å²) in [6.45, 7) is 4.67. The monoisotopic (exact) mass is 289 g/mol. The summed E-state index contributed by atoms with van der Waals surface area (Å²) < 4.78 is 0. The van der Waals surface area contributed by atoms with Crippen LogP contribution < -0.4 is 11.1 Å². The minimum absolute atomic E-state index is 0.109. The third kappa shape index (κ3) is 3.81. The number of carbonyl (C=O) groups is 1. The summed E-state index contributed by atoms with van der Waals surface area (Å²) in [5, 5.41) is 2.91. The van der Waals surface area contributed by atoms with Gasteiger partial charge in [0.25, 0.3) is 5.91 Å². The first kappa shape index (κ1) is 14.5. The standard InChI is InChI=1S/C15H19N3OS/c1-3-4-12-7-11(8-14(16)18-12)15(19)17-9-13-6-5-10(2)20-13/h5-8H,3-4,9H2,1-2H3,(H2,16,18)(H,17,19). The maximum atomic E-state index is 12.1. The van der Waals surface area contributed by atoms with Gasteiger partial charge in [-0.2, -0.15) is 0 Å². The largest absolute Gasteiger partial charge is 0.384 e. The van der Waals surface area contributed by atoms with Crippen molar-refractivity contribution in [1.29, 1.82) is 0 Å². The number of hydrogen-bond acceptors (Lipinski definition) is 4. The summed E-state index contributed by atoms with van der Waals surface area (Å²) in [5.41, 5.74) is 7.19. The molecule has 0 radical (unpaired) electrons. The predicted molar refractivity (Wildman–Crippen MR) is 82.9 cm³/mol. The average molecular weight is 289 g/mol. The van der Waals surface area contributed by atoms with E-state index in [2.05, 4.69) is 30.2 Å². The molecule has 0 saturated carbocycles. The van der Waals surface area contributed by atoms with Crippen LogP contribution in [-0.2, 0) is 13.0 Å². The first-order valence-corrected chi connectivity index (χ1v) is 7.50. The Morgan fingerprint density at radius 2 is 2.20 bits per heavy atom. The first-order valence-electron chi connectivity index (χ1n) is 6.68. The highest BCUT2D eigenvalue weighted by atomic mass is 32.1. The van der Waals surface area contributed by atoms with Crippen LogP contribution in [0.4, 0.5) is 5.82 Å². The SMILES string of the molecule is CCCc1cc(C(=O)NCc2ccc(C)s2)cc(N)n1. The average Bonchev–Trinajstić information content (AvgIpc) is 2.81. The number of rotatable bonds is 5. The molecule has 0 aliphatic carbocycles. The topological polar surface area (TPSA) is 68.0 Å². The molecule has 2 rings (SSSR count). The van der Waals surface area contributed by atoms with Crippen LogP contribution in [0.3, 0.4) is 0 Å². The fraction of sp³-hybridized carbons (Fsp3) is 0.333. The van der Waals surface area contributed by atoms with Crippen LogP contribution in [0.5, 0.6) is 0 Å². The van der Waals surface area contributed by atoms with Gasteiger partial charge in [0.05, 0.1) is 6.54 Å². The summed E-state index contributed by atoms with van der Waals surface area (Å²) in [6.07, 6.45) is 1.81. The molecule has 0 aliphatic rings. The highest BCUT2D eigenvalue weighted by Gasteiger charge is 2.09. The fourth-order valence-corrected chi connectivity index (χ4v) is 2.81. The summed E-state index contributed by atoms with van der Waals surface area (Å²) in [5.74, 6) is 0.288. The molecule has 2 heterocycles. The lowest BCUT2D eigenvalue weighted by Gasteiger charge is -2.07. The minimum atomic E-state index is -0.109. The second-order valence-electron chi connectivity index (χ2n) is 4.72. The Hall–Kier alpha value is -1.88. The van der Waals surface area contributed by atoms with Gasteiger partial charge in [-0.25, -0.2) is 4.98 Å². The second kappa shape index (κ2) is 6.52. The van der Waals surface area contributed by atoms with Crippen molar-refractivity contribution in [2.75, 3.05) is 5.73 Å². The highest BCUT2D eigenvalue weighted by molar-refractivity contribution is 7.11. The van der Waals surface area contributed by atoms with Gasteiger partial charge in [0.1, 0.15) is 5.82 Å². The number of anilines is 1. The van der Waals surface area contributed by atoms with E-state index in [1.165, 1.54) is 4.88 Å². The van der Waals surface area contributed by atoms with Gasteiger partial charge in [0, 0.05) is 21.0 Å². The van der Waals surface area contributed by atoms with Crippen molar-refractivity contribution in [3.63, 3.8) is 0 Å². The van der Waals surface area contributed by atoms with Crippen molar-refractivity contribution in [3.8, 4) is 0 Å². The number of nitrogens with one attached hydrogen (secondary N) is 1. The smallest absolute Gasteiger partial charge is 0.251 e. The van der Waals surface area contributed by atoms with E-state index in [1.807, 2.05) is 12.1 Å². The normalized spacial score (nSPS) is 10.5. The molecule has 0 aromatic carbocycles. The minimum Gasteiger partial charge on any atom is -0.384 e. The molecule has 2 aromatic heterocycles. The first-order chi connectivity index (χ1) is 9.58. The number of nitrogens with two attached hydrogens (primary N) is 1. The Morgan fingerprint density at radius 3 is 2.85 bits per heavy atom. The zero-order valence-corrected chi connectivity index (χ0v) is 12.6. The molecule has 20 heavy (non-hydrogen) atoms. The predicted octanol–water partition coefficient (Wildman–Crippen LogP) is 2.92. The maximum absolute atomic E-state index is 12.1.